The van der Waals surface area contributed by atoms with E-state index in [1.165, 1.54) is 0 Å². The Bertz CT molecular complexity index is 1110. The standard InChI is InChI=1S/C23H27N5O3/c1-23(2,31)17-7-5-15(6-8-17)19(29)12-18-13-21(28-20(26-18)9-10-25-28)27-11-3-4-16(14-27)22(24)30/h5-10,13,16,31H,3-4,11-12,14H2,1-2H3,(H2,24,30)/t16-/m0/s1. The molecule has 1 atom stereocenters. The number of benzene rings is 1. The zero-order valence-corrected chi connectivity index (χ0v) is 17.8. The minimum atomic E-state index is -0.956. The first-order valence-corrected chi connectivity index (χ1v) is 10.5. The average Bonchev–Trinajstić information content (AvgIpc) is 3.21. The first-order valence-electron chi connectivity index (χ1n) is 10.5. The van der Waals surface area contributed by atoms with Gasteiger partial charge in [-0.05, 0) is 32.3 Å². The van der Waals surface area contributed by atoms with E-state index in [2.05, 4.69) is 15.0 Å². The van der Waals surface area contributed by atoms with Crippen molar-refractivity contribution in [3.05, 3.63) is 59.4 Å². The Kier molecular flexibility index (Phi) is 5.49. The smallest absolute Gasteiger partial charge is 0.222 e. The summed E-state index contributed by atoms with van der Waals surface area (Å²) in [5, 5.41) is 14.5. The van der Waals surface area contributed by atoms with Crippen LogP contribution < -0.4 is 10.6 Å². The van der Waals surface area contributed by atoms with Gasteiger partial charge in [-0.25, -0.2) is 4.98 Å². The predicted octanol–water partition coefficient (Wildman–Crippen LogP) is 2.08. The first-order chi connectivity index (χ1) is 14.7. The maximum absolute atomic E-state index is 12.9. The topological polar surface area (TPSA) is 114 Å². The van der Waals surface area contributed by atoms with E-state index in [-0.39, 0.29) is 24.0 Å². The van der Waals surface area contributed by atoms with Gasteiger partial charge in [-0.3, -0.25) is 9.59 Å². The van der Waals surface area contributed by atoms with Crippen molar-refractivity contribution < 1.29 is 14.7 Å². The molecule has 8 heteroatoms. The van der Waals surface area contributed by atoms with E-state index in [9.17, 15) is 14.7 Å². The number of nitrogens with two attached hydrogens (primary N) is 1. The number of ketones is 1. The minimum absolute atomic E-state index is 0.0572. The van der Waals surface area contributed by atoms with Gasteiger partial charge in [0, 0.05) is 30.8 Å². The summed E-state index contributed by atoms with van der Waals surface area (Å²) >= 11 is 0. The molecule has 0 saturated carbocycles. The summed E-state index contributed by atoms with van der Waals surface area (Å²) < 4.78 is 1.73. The van der Waals surface area contributed by atoms with Crippen LogP contribution >= 0.6 is 0 Å². The third kappa shape index (κ3) is 4.44. The van der Waals surface area contributed by atoms with Crippen LogP contribution in [0.25, 0.3) is 5.65 Å². The lowest BCUT2D eigenvalue weighted by Gasteiger charge is -2.33. The second-order valence-corrected chi connectivity index (χ2v) is 8.63. The van der Waals surface area contributed by atoms with Crippen LogP contribution in [0.4, 0.5) is 5.82 Å². The highest BCUT2D eigenvalue weighted by Crippen LogP contribution is 2.25. The number of fused-ring (bicyclic) bond motifs is 1. The van der Waals surface area contributed by atoms with Gasteiger partial charge in [0.25, 0.3) is 0 Å². The van der Waals surface area contributed by atoms with Crippen molar-refractivity contribution in [1.82, 2.24) is 14.6 Å². The van der Waals surface area contributed by atoms with E-state index in [1.54, 1.807) is 54.9 Å². The van der Waals surface area contributed by atoms with E-state index < -0.39 is 5.60 Å². The molecule has 2 aromatic heterocycles. The Labute approximate surface area is 180 Å². The van der Waals surface area contributed by atoms with Crippen LogP contribution in [0, 0.1) is 5.92 Å². The number of nitrogens with zero attached hydrogens (tertiary/aromatic N) is 4. The molecule has 1 fully saturated rings. The molecule has 0 spiro atoms. The Balaban J connectivity index is 1.60. The maximum atomic E-state index is 12.9. The summed E-state index contributed by atoms with van der Waals surface area (Å²) in [6.07, 6.45) is 3.46. The lowest BCUT2D eigenvalue weighted by atomic mass is 9.96. The number of carbonyl (C=O) groups excluding carboxylic acids is 2. The first kappa shape index (κ1) is 21.0. The van der Waals surface area contributed by atoms with Gasteiger partial charge in [0.1, 0.15) is 5.82 Å². The quantitative estimate of drug-likeness (QED) is 0.589. The summed E-state index contributed by atoms with van der Waals surface area (Å²) in [4.78, 5) is 31.3. The molecule has 4 rings (SSSR count). The van der Waals surface area contributed by atoms with E-state index in [4.69, 9.17) is 5.73 Å². The lowest BCUT2D eigenvalue weighted by Crippen LogP contribution is -2.42. The summed E-state index contributed by atoms with van der Waals surface area (Å²) in [6.45, 7) is 4.73. The van der Waals surface area contributed by atoms with E-state index in [0.29, 0.717) is 23.4 Å². The Morgan fingerprint density at radius 1 is 1.23 bits per heavy atom. The number of rotatable bonds is 6. The number of piperidine rings is 1. The summed E-state index contributed by atoms with van der Waals surface area (Å²) in [6, 6.07) is 10.7. The van der Waals surface area contributed by atoms with E-state index >= 15 is 0 Å². The van der Waals surface area contributed by atoms with Crippen LogP contribution in [0.2, 0.25) is 0 Å². The van der Waals surface area contributed by atoms with Crippen LogP contribution in [0.15, 0.2) is 42.6 Å². The van der Waals surface area contributed by atoms with Crippen molar-refractivity contribution in [2.75, 3.05) is 18.0 Å². The fraction of sp³-hybridized carbons (Fsp3) is 0.391. The molecule has 3 heterocycles. The SMILES string of the molecule is CC(C)(O)c1ccc(C(=O)Cc2cc(N3CCC[C@H](C(N)=O)C3)n3nccc3n2)cc1. The minimum Gasteiger partial charge on any atom is -0.386 e. The zero-order valence-electron chi connectivity index (χ0n) is 17.8. The highest BCUT2D eigenvalue weighted by atomic mass is 16.3. The molecule has 1 amide bonds. The fourth-order valence-corrected chi connectivity index (χ4v) is 4.01. The van der Waals surface area contributed by atoms with Crippen LogP contribution in [0.5, 0.6) is 0 Å². The number of aromatic nitrogens is 3. The largest absolute Gasteiger partial charge is 0.386 e. The second-order valence-electron chi connectivity index (χ2n) is 8.63. The molecule has 3 aromatic rings. The lowest BCUT2D eigenvalue weighted by molar-refractivity contribution is -0.122. The molecule has 1 saturated heterocycles. The van der Waals surface area contributed by atoms with Gasteiger partial charge in [0.05, 0.1) is 29.8 Å². The molecule has 0 radical (unpaired) electrons. The van der Waals surface area contributed by atoms with E-state index in [1.807, 2.05) is 6.07 Å². The maximum Gasteiger partial charge on any atom is 0.222 e. The normalized spacial score (nSPS) is 17.1. The third-order valence-corrected chi connectivity index (χ3v) is 5.80. The molecule has 3 N–H and O–H groups in total. The van der Waals surface area contributed by atoms with Crippen LogP contribution in [0.1, 0.15) is 48.3 Å². The number of hydrogen-bond acceptors (Lipinski definition) is 6. The van der Waals surface area contributed by atoms with Gasteiger partial charge in [-0.15, -0.1) is 0 Å². The van der Waals surface area contributed by atoms with Gasteiger partial charge in [-0.2, -0.15) is 9.61 Å². The molecule has 1 aromatic carbocycles. The highest BCUT2D eigenvalue weighted by molar-refractivity contribution is 5.97. The molecule has 8 nitrogen and oxygen atoms in total. The number of hydrogen-bond donors (Lipinski definition) is 2. The molecule has 0 aliphatic carbocycles. The highest BCUT2D eigenvalue weighted by Gasteiger charge is 2.26. The van der Waals surface area contributed by atoms with Gasteiger partial charge in [0.2, 0.25) is 5.91 Å². The molecule has 162 valence electrons. The molecular weight excluding hydrogens is 394 g/mol. The van der Waals surface area contributed by atoms with Crippen molar-refractivity contribution in [1.29, 1.82) is 0 Å². The van der Waals surface area contributed by atoms with Gasteiger partial charge >= 0.3 is 0 Å². The van der Waals surface area contributed by atoms with Crippen LogP contribution in [0.3, 0.4) is 0 Å². The monoisotopic (exact) mass is 421 g/mol. The molecule has 0 unspecified atom stereocenters. The van der Waals surface area contributed by atoms with E-state index in [0.717, 1.165) is 30.8 Å². The molecule has 31 heavy (non-hydrogen) atoms. The number of carbonyl (C=O) groups is 2. The number of amides is 1. The average molecular weight is 422 g/mol. The fourth-order valence-electron chi connectivity index (χ4n) is 4.01. The Morgan fingerprint density at radius 3 is 2.65 bits per heavy atom. The van der Waals surface area contributed by atoms with Crippen LogP contribution in [-0.2, 0) is 16.8 Å². The summed E-state index contributed by atoms with van der Waals surface area (Å²) in [5.41, 5.74) is 7.19. The molecular formula is C23H27N5O3. The molecule has 0 bridgehead atoms. The molecule has 1 aliphatic rings. The Hall–Kier alpha value is -3.26. The number of Topliss-reactive ketones (excluding diaryl/α,β-unsaturated/α-hetero) is 1. The summed E-state index contributed by atoms with van der Waals surface area (Å²) in [5.74, 6) is 0.256. The predicted molar refractivity (Wildman–Crippen MR) is 117 cm³/mol. The van der Waals surface area contributed by atoms with Gasteiger partial charge < -0.3 is 15.7 Å². The number of primary amides is 1. The van der Waals surface area contributed by atoms with Crippen molar-refractivity contribution in [3.8, 4) is 0 Å². The zero-order chi connectivity index (χ0) is 22.2. The van der Waals surface area contributed by atoms with Crippen molar-refractivity contribution >= 4 is 23.2 Å². The van der Waals surface area contributed by atoms with Crippen LogP contribution in [-0.4, -0.2) is 44.5 Å². The Morgan fingerprint density at radius 2 is 1.97 bits per heavy atom. The van der Waals surface area contributed by atoms with Crippen molar-refractivity contribution in [3.63, 3.8) is 0 Å². The number of anilines is 1. The third-order valence-electron chi connectivity index (χ3n) is 5.80. The summed E-state index contributed by atoms with van der Waals surface area (Å²) in [7, 11) is 0. The van der Waals surface area contributed by atoms with Gasteiger partial charge in [0.15, 0.2) is 11.4 Å². The van der Waals surface area contributed by atoms with Gasteiger partial charge in [-0.1, -0.05) is 24.3 Å². The van der Waals surface area contributed by atoms with Crippen molar-refractivity contribution in [2.24, 2.45) is 11.7 Å². The second kappa shape index (κ2) is 8.11. The van der Waals surface area contributed by atoms with Crippen molar-refractivity contribution in [2.45, 2.75) is 38.7 Å². The molecule has 1 aliphatic heterocycles. The number of aliphatic hydroxyl groups is 1.